The van der Waals surface area contributed by atoms with Crippen molar-refractivity contribution in [2.45, 2.75) is 17.9 Å². The van der Waals surface area contributed by atoms with Gasteiger partial charge < -0.3 is 4.74 Å². The van der Waals surface area contributed by atoms with E-state index in [-0.39, 0.29) is 12.1 Å². The maximum Gasteiger partial charge on any atom is 0.324 e. The monoisotopic (exact) mass is 168 g/mol. The maximum absolute atomic E-state index is 10.5. The van der Waals surface area contributed by atoms with Crippen molar-refractivity contribution in [1.82, 2.24) is 0 Å². The lowest BCUT2D eigenvalue weighted by Gasteiger charge is -2.00. The minimum absolute atomic E-state index is 0.165. The van der Waals surface area contributed by atoms with Crippen LogP contribution in [0.3, 0.4) is 0 Å². The van der Waals surface area contributed by atoms with Crippen molar-refractivity contribution in [3.8, 4) is 0 Å². The maximum atomic E-state index is 10.5. The molecular weight excluding hydrogens is 163 g/mol. The summed E-state index contributed by atoms with van der Waals surface area (Å²) < 4.78 is 4.72. The summed E-state index contributed by atoms with van der Waals surface area (Å²) in [6.45, 7) is 0. The summed E-state index contributed by atoms with van der Waals surface area (Å²) in [7, 11) is 0. The summed E-state index contributed by atoms with van der Waals surface area (Å²) >= 11 is 10.9. The predicted molar refractivity (Wildman–Crippen MR) is 34.9 cm³/mol. The summed E-state index contributed by atoms with van der Waals surface area (Å²) in [6, 6.07) is 0. The molecule has 1 rings (SSSR count). The van der Waals surface area contributed by atoms with Crippen LogP contribution in [0.25, 0.3) is 0 Å². The Morgan fingerprint density at radius 2 is 2.44 bits per heavy atom. The van der Waals surface area contributed by atoms with Gasteiger partial charge in [-0.25, -0.2) is 0 Å². The molecule has 0 aliphatic carbocycles. The Labute approximate surface area is 63.1 Å². The fourth-order valence-electron chi connectivity index (χ4n) is 0.708. The van der Waals surface area contributed by atoms with E-state index in [0.717, 1.165) is 0 Å². The van der Waals surface area contributed by atoms with Crippen molar-refractivity contribution in [2.24, 2.45) is 0 Å². The van der Waals surface area contributed by atoms with Crippen LogP contribution in [0.5, 0.6) is 0 Å². The van der Waals surface area contributed by atoms with Gasteiger partial charge in [0.05, 0.1) is 5.88 Å². The van der Waals surface area contributed by atoms with E-state index in [2.05, 4.69) is 0 Å². The van der Waals surface area contributed by atoms with Crippen LogP contribution in [-0.2, 0) is 9.53 Å². The molecule has 0 aromatic heterocycles. The third-order valence-electron chi connectivity index (χ3n) is 1.18. The molecule has 1 aliphatic heterocycles. The molecule has 1 heterocycles. The second-order valence-corrected chi connectivity index (χ2v) is 2.75. The fraction of sp³-hybridized carbons (Fsp3) is 0.800. The summed E-state index contributed by atoms with van der Waals surface area (Å²) in [6.07, 6.45) is 0.380. The van der Waals surface area contributed by atoms with Gasteiger partial charge in [-0.1, -0.05) is 0 Å². The van der Waals surface area contributed by atoms with Gasteiger partial charge in [-0.3, -0.25) is 4.79 Å². The van der Waals surface area contributed by atoms with Crippen molar-refractivity contribution >= 4 is 29.2 Å². The third kappa shape index (κ3) is 1.49. The van der Waals surface area contributed by atoms with E-state index in [0.29, 0.717) is 12.3 Å². The molecule has 2 atom stereocenters. The molecule has 0 unspecified atom stereocenters. The number of hydrogen-bond donors (Lipinski definition) is 0. The molecule has 0 radical (unpaired) electrons. The summed E-state index contributed by atoms with van der Waals surface area (Å²) in [5.74, 6) is -0.00285. The quantitative estimate of drug-likeness (QED) is 0.434. The van der Waals surface area contributed by atoms with E-state index < -0.39 is 5.38 Å². The molecule has 0 bridgehead atoms. The van der Waals surface area contributed by atoms with Crippen LogP contribution >= 0.6 is 23.2 Å². The zero-order valence-corrected chi connectivity index (χ0v) is 6.15. The SMILES string of the molecule is O=C1O[C@@H](CCl)C[C@H]1Cl. The molecule has 4 heteroatoms. The first kappa shape index (κ1) is 7.16. The molecule has 52 valence electrons. The van der Waals surface area contributed by atoms with Gasteiger partial charge in [-0.15, -0.1) is 23.2 Å². The average molecular weight is 169 g/mol. The van der Waals surface area contributed by atoms with E-state index in [1.165, 1.54) is 0 Å². The number of rotatable bonds is 1. The Bertz CT molecular complexity index is 126. The van der Waals surface area contributed by atoms with E-state index in [1.807, 2.05) is 0 Å². The molecule has 1 saturated heterocycles. The van der Waals surface area contributed by atoms with Crippen molar-refractivity contribution in [2.75, 3.05) is 5.88 Å². The molecule has 0 saturated carbocycles. The standard InChI is InChI=1S/C5H6Cl2O2/c6-2-3-1-4(7)5(8)9-3/h3-4H,1-2H2/t3-,4-/m1/s1. The van der Waals surface area contributed by atoms with Crippen LogP contribution < -0.4 is 0 Å². The van der Waals surface area contributed by atoms with Gasteiger partial charge in [-0.2, -0.15) is 0 Å². The lowest BCUT2D eigenvalue weighted by molar-refractivity contribution is -0.140. The minimum Gasteiger partial charge on any atom is -0.460 e. The largest absolute Gasteiger partial charge is 0.460 e. The highest BCUT2D eigenvalue weighted by Crippen LogP contribution is 2.20. The Hall–Kier alpha value is 0.0500. The molecule has 0 aromatic rings. The lowest BCUT2D eigenvalue weighted by Crippen LogP contribution is -2.07. The zero-order valence-electron chi connectivity index (χ0n) is 4.64. The Morgan fingerprint density at radius 1 is 1.78 bits per heavy atom. The summed E-state index contributed by atoms with van der Waals surface area (Å²) in [5, 5.41) is -0.478. The number of carbonyl (C=O) groups is 1. The van der Waals surface area contributed by atoms with Gasteiger partial charge >= 0.3 is 5.97 Å². The number of alkyl halides is 2. The normalized spacial score (nSPS) is 34.7. The molecular formula is C5H6Cl2O2. The Kier molecular flexibility index (Phi) is 2.19. The van der Waals surface area contributed by atoms with E-state index in [4.69, 9.17) is 27.9 Å². The van der Waals surface area contributed by atoms with Crippen LogP contribution in [0.4, 0.5) is 0 Å². The van der Waals surface area contributed by atoms with Crippen LogP contribution in [0.1, 0.15) is 6.42 Å². The van der Waals surface area contributed by atoms with E-state index in [9.17, 15) is 4.79 Å². The van der Waals surface area contributed by atoms with Gasteiger partial charge in [0.2, 0.25) is 0 Å². The zero-order chi connectivity index (χ0) is 6.85. The van der Waals surface area contributed by atoms with E-state index in [1.54, 1.807) is 0 Å². The Morgan fingerprint density at radius 3 is 2.67 bits per heavy atom. The molecule has 9 heavy (non-hydrogen) atoms. The Balaban J connectivity index is 2.44. The third-order valence-corrected chi connectivity index (χ3v) is 1.88. The van der Waals surface area contributed by atoms with Crippen LogP contribution in [0.2, 0.25) is 0 Å². The second-order valence-electron chi connectivity index (χ2n) is 1.92. The first-order valence-electron chi connectivity index (χ1n) is 2.64. The summed E-state index contributed by atoms with van der Waals surface area (Å²) in [4.78, 5) is 10.5. The molecule has 0 aromatic carbocycles. The number of cyclic esters (lactones) is 1. The van der Waals surface area contributed by atoms with Gasteiger partial charge in [0.1, 0.15) is 11.5 Å². The lowest BCUT2D eigenvalue weighted by atomic mass is 10.3. The molecule has 0 N–H and O–H groups in total. The second kappa shape index (κ2) is 2.76. The molecule has 1 fully saturated rings. The molecule has 2 nitrogen and oxygen atoms in total. The van der Waals surface area contributed by atoms with Crippen LogP contribution in [0, 0.1) is 0 Å². The van der Waals surface area contributed by atoms with Crippen molar-refractivity contribution in [3.63, 3.8) is 0 Å². The number of hydrogen-bond acceptors (Lipinski definition) is 2. The number of esters is 1. The topological polar surface area (TPSA) is 26.3 Å². The summed E-state index contributed by atoms with van der Waals surface area (Å²) in [5.41, 5.74) is 0. The highest BCUT2D eigenvalue weighted by atomic mass is 35.5. The minimum atomic E-state index is -0.478. The predicted octanol–water partition coefficient (Wildman–Crippen LogP) is 1.15. The van der Waals surface area contributed by atoms with Crippen molar-refractivity contribution < 1.29 is 9.53 Å². The van der Waals surface area contributed by atoms with Crippen molar-refractivity contribution in [3.05, 3.63) is 0 Å². The first-order valence-corrected chi connectivity index (χ1v) is 3.61. The molecule has 0 amide bonds. The van der Waals surface area contributed by atoms with Gasteiger partial charge in [-0.05, 0) is 0 Å². The van der Waals surface area contributed by atoms with Crippen LogP contribution in [0.15, 0.2) is 0 Å². The number of carbonyl (C=O) groups excluding carboxylic acids is 1. The number of halogens is 2. The number of ether oxygens (including phenoxy) is 1. The van der Waals surface area contributed by atoms with Gasteiger partial charge in [0, 0.05) is 6.42 Å². The van der Waals surface area contributed by atoms with Crippen molar-refractivity contribution in [1.29, 1.82) is 0 Å². The fourth-order valence-corrected chi connectivity index (χ4v) is 1.15. The van der Waals surface area contributed by atoms with Crippen LogP contribution in [-0.4, -0.2) is 23.3 Å². The highest BCUT2D eigenvalue weighted by molar-refractivity contribution is 6.30. The molecule has 1 aliphatic rings. The van der Waals surface area contributed by atoms with E-state index >= 15 is 0 Å². The average Bonchev–Trinajstić information content (AvgIpc) is 2.13. The first-order chi connectivity index (χ1) is 4.24. The van der Waals surface area contributed by atoms with Gasteiger partial charge in [0.25, 0.3) is 0 Å². The van der Waals surface area contributed by atoms with Gasteiger partial charge in [0.15, 0.2) is 0 Å². The highest BCUT2D eigenvalue weighted by Gasteiger charge is 2.31. The smallest absolute Gasteiger partial charge is 0.324 e. The molecule has 0 spiro atoms.